The Bertz CT molecular complexity index is 667. The topological polar surface area (TPSA) is 75.6 Å². The predicted octanol–water partition coefficient (Wildman–Crippen LogP) is 2.81. The van der Waals surface area contributed by atoms with Crippen molar-refractivity contribution in [3.05, 3.63) is 65.7 Å². The molecule has 0 fully saturated rings. The van der Waals surface area contributed by atoms with Gasteiger partial charge in [0.2, 0.25) is 0 Å². The van der Waals surface area contributed by atoms with Crippen LogP contribution >= 0.6 is 0 Å². The Kier molecular flexibility index (Phi) is 5.36. The molecule has 0 aromatic heterocycles. The average Bonchev–Trinajstić information content (AvgIpc) is 2.56. The van der Waals surface area contributed by atoms with E-state index < -0.39 is 12.1 Å². The van der Waals surface area contributed by atoms with Gasteiger partial charge >= 0.3 is 5.97 Å². The lowest BCUT2D eigenvalue weighted by atomic mass is 10.1. The molecule has 5 heteroatoms. The molecule has 1 amide bonds. The van der Waals surface area contributed by atoms with Gasteiger partial charge in [-0.1, -0.05) is 30.3 Å². The van der Waals surface area contributed by atoms with Crippen molar-refractivity contribution >= 4 is 11.9 Å². The SMILES string of the molecule is CC(OC(=O)c1ccc(O)cc1)C(=O)NC(C)c1ccccc1. The molecule has 0 radical (unpaired) electrons. The Morgan fingerprint density at radius 2 is 1.61 bits per heavy atom. The van der Waals surface area contributed by atoms with E-state index in [1.54, 1.807) is 0 Å². The van der Waals surface area contributed by atoms with Crippen LogP contribution in [0.5, 0.6) is 5.75 Å². The van der Waals surface area contributed by atoms with E-state index in [4.69, 9.17) is 4.74 Å². The van der Waals surface area contributed by atoms with Gasteiger partial charge in [0.1, 0.15) is 5.75 Å². The highest BCUT2D eigenvalue weighted by atomic mass is 16.5. The maximum absolute atomic E-state index is 12.1. The molecule has 0 aliphatic carbocycles. The number of benzene rings is 2. The zero-order valence-corrected chi connectivity index (χ0v) is 13.0. The van der Waals surface area contributed by atoms with Crippen LogP contribution in [0.3, 0.4) is 0 Å². The second-order valence-electron chi connectivity index (χ2n) is 5.24. The molecule has 0 saturated carbocycles. The summed E-state index contributed by atoms with van der Waals surface area (Å²) in [6.07, 6.45) is -0.914. The Morgan fingerprint density at radius 3 is 2.22 bits per heavy atom. The number of aromatic hydroxyl groups is 1. The maximum Gasteiger partial charge on any atom is 0.338 e. The zero-order chi connectivity index (χ0) is 16.8. The lowest BCUT2D eigenvalue weighted by Gasteiger charge is -2.18. The molecule has 0 spiro atoms. The van der Waals surface area contributed by atoms with Gasteiger partial charge < -0.3 is 15.2 Å². The normalized spacial score (nSPS) is 13.0. The first kappa shape index (κ1) is 16.5. The molecular formula is C18H19NO4. The number of carbonyl (C=O) groups is 2. The van der Waals surface area contributed by atoms with Crippen LogP contribution in [0.2, 0.25) is 0 Å². The number of hydrogen-bond acceptors (Lipinski definition) is 4. The van der Waals surface area contributed by atoms with Gasteiger partial charge in [0.25, 0.3) is 5.91 Å². The van der Waals surface area contributed by atoms with Crippen LogP contribution in [-0.2, 0) is 9.53 Å². The number of hydrogen-bond donors (Lipinski definition) is 2. The summed E-state index contributed by atoms with van der Waals surface area (Å²) in [6.45, 7) is 3.38. The summed E-state index contributed by atoms with van der Waals surface area (Å²) >= 11 is 0. The van der Waals surface area contributed by atoms with Crippen LogP contribution in [0.15, 0.2) is 54.6 Å². The summed E-state index contributed by atoms with van der Waals surface area (Å²) in [5.41, 5.74) is 1.25. The van der Waals surface area contributed by atoms with Crippen LogP contribution in [0, 0.1) is 0 Å². The predicted molar refractivity (Wildman–Crippen MR) is 86.0 cm³/mol. The van der Waals surface area contributed by atoms with Gasteiger partial charge in [0.15, 0.2) is 6.10 Å². The second-order valence-corrected chi connectivity index (χ2v) is 5.24. The number of carbonyl (C=O) groups excluding carboxylic acids is 2. The third-order valence-corrected chi connectivity index (χ3v) is 3.41. The van der Waals surface area contributed by atoms with Gasteiger partial charge in [0.05, 0.1) is 11.6 Å². The fraction of sp³-hybridized carbons (Fsp3) is 0.222. The number of phenolic OH excluding ortho intramolecular Hbond substituents is 1. The zero-order valence-electron chi connectivity index (χ0n) is 13.0. The van der Waals surface area contributed by atoms with Crippen molar-refractivity contribution in [1.29, 1.82) is 0 Å². The first-order valence-corrected chi connectivity index (χ1v) is 7.32. The Balaban J connectivity index is 1.92. The summed E-state index contributed by atoms with van der Waals surface area (Å²) in [7, 11) is 0. The number of nitrogens with one attached hydrogen (secondary N) is 1. The van der Waals surface area contributed by atoms with Crippen molar-refractivity contribution in [3.8, 4) is 5.75 Å². The molecule has 2 aromatic carbocycles. The standard InChI is InChI=1S/C18H19NO4/c1-12(14-6-4-3-5-7-14)19-17(21)13(2)23-18(22)15-8-10-16(20)11-9-15/h3-13,20H,1-2H3,(H,19,21). The van der Waals surface area contributed by atoms with E-state index in [1.165, 1.54) is 31.2 Å². The number of esters is 1. The molecule has 2 rings (SSSR count). The number of rotatable bonds is 5. The van der Waals surface area contributed by atoms with Crippen LogP contribution in [0.4, 0.5) is 0 Å². The largest absolute Gasteiger partial charge is 0.508 e. The summed E-state index contributed by atoms with van der Waals surface area (Å²) in [6, 6.07) is 15.0. The molecule has 0 bridgehead atoms. The smallest absolute Gasteiger partial charge is 0.338 e. The molecule has 5 nitrogen and oxygen atoms in total. The summed E-state index contributed by atoms with van der Waals surface area (Å²) in [4.78, 5) is 24.1. The minimum absolute atomic E-state index is 0.0593. The third-order valence-electron chi connectivity index (χ3n) is 3.41. The molecule has 23 heavy (non-hydrogen) atoms. The van der Waals surface area contributed by atoms with E-state index in [0.717, 1.165) is 5.56 Å². The van der Waals surface area contributed by atoms with Gasteiger partial charge in [-0.15, -0.1) is 0 Å². The molecule has 0 saturated heterocycles. The van der Waals surface area contributed by atoms with Crippen LogP contribution in [0.25, 0.3) is 0 Å². The lowest BCUT2D eigenvalue weighted by molar-refractivity contribution is -0.129. The molecule has 2 N–H and O–H groups in total. The van der Waals surface area contributed by atoms with Gasteiger partial charge in [0, 0.05) is 0 Å². The van der Waals surface area contributed by atoms with E-state index >= 15 is 0 Å². The van der Waals surface area contributed by atoms with Gasteiger partial charge in [-0.2, -0.15) is 0 Å². The van der Waals surface area contributed by atoms with Gasteiger partial charge in [-0.3, -0.25) is 4.79 Å². The van der Waals surface area contributed by atoms with Crippen molar-refractivity contribution in [3.63, 3.8) is 0 Å². The van der Waals surface area contributed by atoms with Crippen molar-refractivity contribution < 1.29 is 19.4 Å². The minimum Gasteiger partial charge on any atom is -0.508 e. The van der Waals surface area contributed by atoms with Crippen molar-refractivity contribution in [2.75, 3.05) is 0 Å². The second kappa shape index (κ2) is 7.45. The van der Waals surface area contributed by atoms with Crippen LogP contribution in [-0.4, -0.2) is 23.1 Å². The fourth-order valence-corrected chi connectivity index (χ4v) is 2.04. The van der Waals surface area contributed by atoms with Crippen LogP contribution < -0.4 is 5.32 Å². The highest BCUT2D eigenvalue weighted by molar-refractivity contribution is 5.92. The van der Waals surface area contributed by atoms with Crippen molar-refractivity contribution in [1.82, 2.24) is 5.32 Å². The average molecular weight is 313 g/mol. The maximum atomic E-state index is 12.1. The van der Waals surface area contributed by atoms with E-state index in [1.807, 2.05) is 37.3 Å². The highest BCUT2D eigenvalue weighted by Crippen LogP contribution is 2.13. The van der Waals surface area contributed by atoms with Crippen molar-refractivity contribution in [2.24, 2.45) is 0 Å². The van der Waals surface area contributed by atoms with E-state index in [2.05, 4.69) is 5.32 Å². The van der Waals surface area contributed by atoms with E-state index in [-0.39, 0.29) is 23.3 Å². The molecule has 0 heterocycles. The molecule has 2 unspecified atom stereocenters. The van der Waals surface area contributed by atoms with E-state index in [0.29, 0.717) is 0 Å². The summed E-state index contributed by atoms with van der Waals surface area (Å²) in [5.74, 6) is -0.919. The Hall–Kier alpha value is -2.82. The summed E-state index contributed by atoms with van der Waals surface area (Å²) in [5, 5.41) is 12.0. The van der Waals surface area contributed by atoms with Crippen molar-refractivity contribution in [2.45, 2.75) is 26.0 Å². The molecule has 2 atom stereocenters. The summed E-state index contributed by atoms with van der Waals surface area (Å²) < 4.78 is 5.14. The third kappa shape index (κ3) is 4.57. The Morgan fingerprint density at radius 1 is 1.00 bits per heavy atom. The molecule has 0 aliphatic heterocycles. The highest BCUT2D eigenvalue weighted by Gasteiger charge is 2.20. The van der Waals surface area contributed by atoms with Crippen LogP contribution in [0.1, 0.15) is 35.8 Å². The van der Waals surface area contributed by atoms with E-state index in [9.17, 15) is 14.7 Å². The molecule has 120 valence electrons. The first-order valence-electron chi connectivity index (χ1n) is 7.32. The monoisotopic (exact) mass is 313 g/mol. The van der Waals surface area contributed by atoms with Gasteiger partial charge in [-0.05, 0) is 43.7 Å². The first-order chi connectivity index (χ1) is 11.0. The Labute approximate surface area is 134 Å². The molecular weight excluding hydrogens is 294 g/mol. The quantitative estimate of drug-likeness (QED) is 0.832. The fourth-order valence-electron chi connectivity index (χ4n) is 2.04. The molecule has 0 aliphatic rings. The lowest BCUT2D eigenvalue weighted by Crippen LogP contribution is -2.37. The number of amides is 1. The number of ether oxygens (including phenoxy) is 1. The minimum atomic E-state index is -0.914. The van der Waals surface area contributed by atoms with Gasteiger partial charge in [-0.25, -0.2) is 4.79 Å². The number of phenols is 1. The molecule has 2 aromatic rings.